The summed E-state index contributed by atoms with van der Waals surface area (Å²) in [5, 5.41) is 10.3. The second-order valence-electron chi connectivity index (χ2n) is 7.12. The third-order valence-corrected chi connectivity index (χ3v) is 5.28. The molecule has 4 unspecified atom stereocenters. The smallest absolute Gasteiger partial charge is 0.0702 e. The summed E-state index contributed by atoms with van der Waals surface area (Å²) in [6.07, 6.45) is 6.17. The fourth-order valence-corrected chi connectivity index (χ4v) is 3.97. The molecule has 2 fully saturated rings. The number of aliphatic hydroxyl groups excluding tert-OH is 1. The lowest BCUT2D eigenvalue weighted by atomic mass is 9.74. The number of hydrogen-bond donors (Lipinski definition) is 1. The van der Waals surface area contributed by atoms with Crippen molar-refractivity contribution < 1.29 is 9.84 Å². The van der Waals surface area contributed by atoms with E-state index in [4.69, 9.17) is 4.74 Å². The van der Waals surface area contributed by atoms with E-state index >= 15 is 0 Å². The molecule has 4 atom stereocenters. The number of nitrogens with zero attached hydrogens (tertiary/aromatic N) is 1. The summed E-state index contributed by atoms with van der Waals surface area (Å²) in [6.45, 7) is 10.9. The third kappa shape index (κ3) is 4.44. The molecule has 2 aliphatic rings. The van der Waals surface area contributed by atoms with Crippen molar-refractivity contribution in [1.82, 2.24) is 4.90 Å². The Morgan fingerprint density at radius 1 is 1.25 bits per heavy atom. The number of likely N-dealkylation sites (tertiary alicyclic amines) is 1. The van der Waals surface area contributed by atoms with Crippen LogP contribution in [0.4, 0.5) is 0 Å². The molecule has 0 amide bonds. The maximum Gasteiger partial charge on any atom is 0.0702 e. The van der Waals surface area contributed by atoms with E-state index in [-0.39, 0.29) is 6.10 Å². The van der Waals surface area contributed by atoms with Gasteiger partial charge < -0.3 is 14.7 Å². The fourth-order valence-electron chi connectivity index (χ4n) is 3.97. The molecule has 2 rings (SSSR count). The highest BCUT2D eigenvalue weighted by Crippen LogP contribution is 2.34. The summed E-state index contributed by atoms with van der Waals surface area (Å²) in [5.41, 5.74) is 0. The molecule has 20 heavy (non-hydrogen) atoms. The topological polar surface area (TPSA) is 32.7 Å². The zero-order chi connectivity index (χ0) is 14.5. The summed E-state index contributed by atoms with van der Waals surface area (Å²) in [4.78, 5) is 2.53. The van der Waals surface area contributed by atoms with Crippen LogP contribution in [0.25, 0.3) is 0 Å². The maximum atomic E-state index is 10.3. The van der Waals surface area contributed by atoms with Gasteiger partial charge in [0.05, 0.1) is 12.2 Å². The Morgan fingerprint density at radius 3 is 2.75 bits per heavy atom. The van der Waals surface area contributed by atoms with Gasteiger partial charge in [0.15, 0.2) is 0 Å². The van der Waals surface area contributed by atoms with E-state index in [0.29, 0.717) is 12.0 Å². The first-order valence-electron chi connectivity index (χ1n) is 8.62. The molecule has 1 heterocycles. The van der Waals surface area contributed by atoms with Crippen LogP contribution in [0.2, 0.25) is 0 Å². The van der Waals surface area contributed by atoms with Crippen molar-refractivity contribution in [2.24, 2.45) is 17.8 Å². The van der Waals surface area contributed by atoms with Gasteiger partial charge in [-0.3, -0.25) is 0 Å². The molecule has 0 aromatic heterocycles. The van der Waals surface area contributed by atoms with Gasteiger partial charge >= 0.3 is 0 Å². The molecule has 0 radical (unpaired) electrons. The van der Waals surface area contributed by atoms with E-state index in [9.17, 15) is 5.11 Å². The standard InChI is InChI=1S/C17H33NO2/c1-4-20-16-6-5-9-18(12-16)11-15-10-14(13(2)3)7-8-17(15)19/h13-17,19H,4-12H2,1-3H3. The highest BCUT2D eigenvalue weighted by atomic mass is 16.5. The molecule has 0 bridgehead atoms. The van der Waals surface area contributed by atoms with Gasteiger partial charge in [-0.2, -0.15) is 0 Å². The Hall–Kier alpha value is -0.120. The molecule has 1 N–H and O–H groups in total. The van der Waals surface area contributed by atoms with Gasteiger partial charge in [0.1, 0.15) is 0 Å². The van der Waals surface area contributed by atoms with Gasteiger partial charge in [-0.15, -0.1) is 0 Å². The van der Waals surface area contributed by atoms with Gasteiger partial charge in [-0.25, -0.2) is 0 Å². The number of ether oxygens (including phenoxy) is 1. The van der Waals surface area contributed by atoms with E-state index < -0.39 is 0 Å². The van der Waals surface area contributed by atoms with E-state index in [2.05, 4.69) is 25.7 Å². The van der Waals surface area contributed by atoms with Crippen LogP contribution in [0.1, 0.15) is 52.9 Å². The molecule has 1 saturated heterocycles. The van der Waals surface area contributed by atoms with Crippen LogP contribution >= 0.6 is 0 Å². The van der Waals surface area contributed by atoms with Gasteiger partial charge in [0.2, 0.25) is 0 Å². The van der Waals surface area contributed by atoms with Crippen molar-refractivity contribution in [3.05, 3.63) is 0 Å². The van der Waals surface area contributed by atoms with Gasteiger partial charge in [0.25, 0.3) is 0 Å². The average molecular weight is 283 g/mol. The van der Waals surface area contributed by atoms with Crippen molar-refractivity contribution in [2.75, 3.05) is 26.2 Å². The number of aliphatic hydroxyl groups is 1. The molecular formula is C17H33NO2. The Morgan fingerprint density at radius 2 is 2.05 bits per heavy atom. The largest absolute Gasteiger partial charge is 0.393 e. The molecule has 3 nitrogen and oxygen atoms in total. The molecule has 1 saturated carbocycles. The lowest BCUT2D eigenvalue weighted by molar-refractivity contribution is -0.0219. The van der Waals surface area contributed by atoms with Crippen LogP contribution in [0.3, 0.4) is 0 Å². The minimum Gasteiger partial charge on any atom is -0.393 e. The second kappa shape index (κ2) is 7.77. The highest BCUT2D eigenvalue weighted by molar-refractivity contribution is 4.85. The van der Waals surface area contributed by atoms with E-state index in [0.717, 1.165) is 38.0 Å². The summed E-state index contributed by atoms with van der Waals surface area (Å²) >= 11 is 0. The molecule has 1 aliphatic heterocycles. The number of piperidine rings is 1. The predicted molar refractivity (Wildman–Crippen MR) is 82.8 cm³/mol. The fraction of sp³-hybridized carbons (Fsp3) is 1.00. The average Bonchev–Trinajstić information content (AvgIpc) is 2.42. The van der Waals surface area contributed by atoms with Crippen molar-refractivity contribution in [1.29, 1.82) is 0 Å². The summed E-state index contributed by atoms with van der Waals surface area (Å²) in [5.74, 6) is 2.02. The molecule has 0 aromatic carbocycles. The lowest BCUT2D eigenvalue weighted by Crippen LogP contribution is -2.45. The first-order chi connectivity index (χ1) is 9.60. The normalized spacial score (nSPS) is 36.5. The monoisotopic (exact) mass is 283 g/mol. The van der Waals surface area contributed by atoms with Crippen LogP contribution in [-0.4, -0.2) is 48.5 Å². The molecule has 118 valence electrons. The van der Waals surface area contributed by atoms with Crippen LogP contribution in [-0.2, 0) is 4.74 Å². The van der Waals surface area contributed by atoms with Crippen molar-refractivity contribution in [3.8, 4) is 0 Å². The Bertz CT molecular complexity index is 280. The molecule has 0 aromatic rings. The predicted octanol–water partition coefficient (Wildman–Crippen LogP) is 2.92. The van der Waals surface area contributed by atoms with E-state index in [1.54, 1.807) is 0 Å². The number of rotatable bonds is 5. The van der Waals surface area contributed by atoms with Crippen molar-refractivity contribution in [3.63, 3.8) is 0 Å². The van der Waals surface area contributed by atoms with E-state index in [1.807, 2.05) is 0 Å². The van der Waals surface area contributed by atoms with Gasteiger partial charge in [-0.05, 0) is 63.3 Å². The minimum absolute atomic E-state index is 0.0857. The summed E-state index contributed by atoms with van der Waals surface area (Å²) < 4.78 is 5.78. The quantitative estimate of drug-likeness (QED) is 0.842. The van der Waals surface area contributed by atoms with Crippen LogP contribution in [0.15, 0.2) is 0 Å². The zero-order valence-electron chi connectivity index (χ0n) is 13.6. The first-order valence-corrected chi connectivity index (χ1v) is 8.62. The summed E-state index contributed by atoms with van der Waals surface area (Å²) in [7, 11) is 0. The van der Waals surface area contributed by atoms with Crippen LogP contribution < -0.4 is 0 Å². The van der Waals surface area contributed by atoms with Crippen LogP contribution in [0, 0.1) is 17.8 Å². The second-order valence-corrected chi connectivity index (χ2v) is 7.12. The Labute approximate surface area is 124 Å². The SMILES string of the molecule is CCOC1CCCN(CC2CC(C(C)C)CCC2O)C1. The minimum atomic E-state index is -0.0857. The lowest BCUT2D eigenvalue weighted by Gasteiger charge is -2.40. The third-order valence-electron chi connectivity index (χ3n) is 5.28. The van der Waals surface area contributed by atoms with Crippen LogP contribution in [0.5, 0.6) is 0 Å². The molecule has 1 aliphatic carbocycles. The van der Waals surface area contributed by atoms with Gasteiger partial charge in [-0.1, -0.05) is 13.8 Å². The first kappa shape index (κ1) is 16.3. The van der Waals surface area contributed by atoms with Crippen molar-refractivity contribution >= 4 is 0 Å². The zero-order valence-corrected chi connectivity index (χ0v) is 13.6. The number of hydrogen-bond acceptors (Lipinski definition) is 3. The molecular weight excluding hydrogens is 250 g/mol. The molecule has 3 heteroatoms. The van der Waals surface area contributed by atoms with Gasteiger partial charge in [0, 0.05) is 19.7 Å². The Kier molecular flexibility index (Phi) is 6.31. The Balaban J connectivity index is 1.84. The summed E-state index contributed by atoms with van der Waals surface area (Å²) in [6, 6.07) is 0. The van der Waals surface area contributed by atoms with Crippen molar-refractivity contribution in [2.45, 2.75) is 65.1 Å². The molecule has 0 spiro atoms. The highest BCUT2D eigenvalue weighted by Gasteiger charge is 2.32. The van der Waals surface area contributed by atoms with E-state index in [1.165, 1.54) is 32.2 Å². The maximum absolute atomic E-state index is 10.3.